The largest absolute Gasteiger partial charge is 0.361 e. The molecule has 2 aliphatic heterocycles. The predicted molar refractivity (Wildman–Crippen MR) is 227 cm³/mol. The van der Waals surface area contributed by atoms with Crippen LogP contribution < -0.4 is 10.2 Å². The Morgan fingerprint density at radius 3 is 2.41 bits per heavy atom. The Morgan fingerprint density at radius 2 is 1.63 bits per heavy atom. The lowest BCUT2D eigenvalue weighted by Gasteiger charge is -2.29. The van der Waals surface area contributed by atoms with Crippen LogP contribution >= 0.6 is 0 Å². The highest BCUT2D eigenvalue weighted by Gasteiger charge is 2.40. The lowest BCUT2D eigenvalue weighted by Crippen LogP contribution is -2.28. The highest BCUT2D eigenvalue weighted by molar-refractivity contribution is 5.75. The van der Waals surface area contributed by atoms with Gasteiger partial charge in [-0.3, -0.25) is 0 Å². The number of hydrogen-bond acceptors (Lipinski definition) is 4. The van der Waals surface area contributed by atoms with Gasteiger partial charge in [-0.25, -0.2) is 9.97 Å². The summed E-state index contributed by atoms with van der Waals surface area (Å²) in [6, 6.07) is 32.1. The third kappa shape index (κ3) is 7.17. The quantitative estimate of drug-likeness (QED) is 0.194. The average Bonchev–Trinajstić information content (AvgIpc) is 3.62. The second-order valence-electron chi connectivity index (χ2n) is 14.4. The molecule has 1 aromatic heterocycles. The number of anilines is 2. The number of rotatable bonds is 7. The molecule has 0 saturated heterocycles. The first-order chi connectivity index (χ1) is 26.6. The monoisotopic (exact) mass is 704 g/mol. The van der Waals surface area contributed by atoms with Crippen LogP contribution in [0, 0.1) is 17.8 Å². The van der Waals surface area contributed by atoms with E-state index in [1.54, 1.807) is 0 Å². The zero-order valence-electron chi connectivity index (χ0n) is 31.3. The van der Waals surface area contributed by atoms with Crippen LogP contribution in [0.4, 0.5) is 11.5 Å². The van der Waals surface area contributed by atoms with Crippen molar-refractivity contribution in [2.24, 2.45) is 17.8 Å². The maximum absolute atomic E-state index is 5.29. The molecule has 0 fully saturated rings. The van der Waals surface area contributed by atoms with Crippen molar-refractivity contribution in [1.82, 2.24) is 9.97 Å². The normalized spacial score (nSPS) is 24.5. The summed E-state index contributed by atoms with van der Waals surface area (Å²) in [6.07, 6.45) is 28.9. The van der Waals surface area contributed by atoms with Gasteiger partial charge in [0.05, 0.1) is 5.69 Å². The Balaban J connectivity index is 1.22. The summed E-state index contributed by atoms with van der Waals surface area (Å²) < 4.78 is 0. The molecule has 0 amide bonds. The summed E-state index contributed by atoms with van der Waals surface area (Å²) in [6.45, 7) is 9.20. The minimum Gasteiger partial charge on any atom is -0.361 e. The van der Waals surface area contributed by atoms with Crippen molar-refractivity contribution in [3.8, 4) is 11.3 Å². The highest BCUT2D eigenvalue weighted by Crippen LogP contribution is 2.47. The molecule has 2 aliphatic carbocycles. The molecule has 3 heterocycles. The molecule has 3 unspecified atom stereocenters. The van der Waals surface area contributed by atoms with E-state index >= 15 is 0 Å². The van der Waals surface area contributed by atoms with E-state index in [0.29, 0.717) is 17.7 Å². The summed E-state index contributed by atoms with van der Waals surface area (Å²) in [4.78, 5) is 12.9. The zero-order chi connectivity index (χ0) is 36.9. The van der Waals surface area contributed by atoms with Gasteiger partial charge in [-0.05, 0) is 84.6 Å². The van der Waals surface area contributed by atoms with E-state index in [9.17, 15) is 0 Å². The van der Waals surface area contributed by atoms with E-state index in [-0.39, 0.29) is 5.92 Å². The summed E-state index contributed by atoms with van der Waals surface area (Å²) in [7, 11) is 0. The molecule has 4 nitrogen and oxygen atoms in total. The topological polar surface area (TPSA) is 41.1 Å². The maximum Gasteiger partial charge on any atom is 0.161 e. The molecular weight excluding hydrogens is 657 g/mol. The molecular formula is C50H48N4. The zero-order valence-corrected chi connectivity index (χ0v) is 31.3. The Labute approximate surface area is 320 Å². The maximum atomic E-state index is 5.29. The first kappa shape index (κ1) is 35.1. The Bertz CT molecular complexity index is 2280. The predicted octanol–water partition coefficient (Wildman–Crippen LogP) is 12.1. The average molecular weight is 705 g/mol. The van der Waals surface area contributed by atoms with E-state index < -0.39 is 0 Å². The number of nitrogens with zero attached hydrogens (tertiary/aromatic N) is 3. The second kappa shape index (κ2) is 15.9. The first-order valence-electron chi connectivity index (χ1n) is 19.4. The molecule has 4 aromatic rings. The van der Waals surface area contributed by atoms with Gasteiger partial charge in [0.15, 0.2) is 5.82 Å². The van der Waals surface area contributed by atoms with E-state index in [1.165, 1.54) is 39.1 Å². The summed E-state index contributed by atoms with van der Waals surface area (Å²) in [5.74, 6) is 2.66. The smallest absolute Gasteiger partial charge is 0.161 e. The van der Waals surface area contributed by atoms with Crippen LogP contribution in [0.15, 0.2) is 187 Å². The standard InChI is InChI=1S/C50H48N4/c1-4-35(5-2)50-52-47(39-20-11-8-12-21-39)33-49(53-50)54-34-45(43-23-15-13-17-36(43)6-3)44-28-27-41(32-48(44)54)38-25-26-40(37-18-9-7-10-19-37)31-42-22-14-16-24-46(42)51-30-29-38/h4-14,16-22,24-30,33,41,43,45,51H,1,15,23,31-32,34H2,2-3H3/b30-29+,35-5+,36-6-,38-25+,40-26-. The fraction of sp³-hybridized carbons (Fsp3) is 0.200. The van der Waals surface area contributed by atoms with Crippen LogP contribution in [-0.4, -0.2) is 16.5 Å². The number of nitrogens with one attached hydrogen (secondary N) is 1. The number of aromatic nitrogens is 2. The molecule has 3 aromatic carbocycles. The van der Waals surface area contributed by atoms with Crippen molar-refractivity contribution in [3.05, 3.63) is 204 Å². The molecule has 4 heteroatoms. The molecule has 4 aliphatic rings. The molecule has 0 radical (unpaired) electrons. The molecule has 54 heavy (non-hydrogen) atoms. The van der Waals surface area contributed by atoms with Gasteiger partial charge >= 0.3 is 0 Å². The van der Waals surface area contributed by atoms with E-state index in [0.717, 1.165) is 60.6 Å². The van der Waals surface area contributed by atoms with Crippen LogP contribution in [0.1, 0.15) is 50.1 Å². The van der Waals surface area contributed by atoms with Gasteiger partial charge in [-0.1, -0.05) is 140 Å². The molecule has 0 bridgehead atoms. The van der Waals surface area contributed by atoms with Gasteiger partial charge in [0.2, 0.25) is 0 Å². The van der Waals surface area contributed by atoms with Gasteiger partial charge in [-0.15, -0.1) is 0 Å². The molecule has 0 saturated carbocycles. The van der Waals surface area contributed by atoms with Crippen molar-refractivity contribution in [2.75, 3.05) is 16.8 Å². The fourth-order valence-electron chi connectivity index (χ4n) is 8.51. The lowest BCUT2D eigenvalue weighted by atomic mass is 9.75. The van der Waals surface area contributed by atoms with Crippen molar-refractivity contribution < 1.29 is 0 Å². The summed E-state index contributed by atoms with van der Waals surface area (Å²) >= 11 is 0. The molecule has 268 valence electrons. The van der Waals surface area contributed by atoms with Gasteiger partial charge in [0.25, 0.3) is 0 Å². The van der Waals surface area contributed by atoms with Crippen LogP contribution in [0.2, 0.25) is 0 Å². The van der Waals surface area contributed by atoms with Crippen molar-refractivity contribution in [3.63, 3.8) is 0 Å². The third-order valence-corrected chi connectivity index (χ3v) is 11.4. The van der Waals surface area contributed by atoms with Crippen molar-refractivity contribution >= 4 is 22.7 Å². The van der Waals surface area contributed by atoms with Crippen LogP contribution in [0.5, 0.6) is 0 Å². The van der Waals surface area contributed by atoms with Gasteiger partial charge in [0, 0.05) is 59.6 Å². The minimum absolute atomic E-state index is 0.188. The van der Waals surface area contributed by atoms with Crippen LogP contribution in [-0.2, 0) is 6.42 Å². The summed E-state index contributed by atoms with van der Waals surface area (Å²) in [5, 5.41) is 3.63. The van der Waals surface area contributed by atoms with E-state index in [4.69, 9.17) is 9.97 Å². The van der Waals surface area contributed by atoms with Gasteiger partial charge in [0.1, 0.15) is 5.82 Å². The Hall–Kier alpha value is -6.00. The van der Waals surface area contributed by atoms with Crippen LogP contribution in [0.25, 0.3) is 22.4 Å². The third-order valence-electron chi connectivity index (χ3n) is 11.4. The van der Waals surface area contributed by atoms with E-state index in [2.05, 4.69) is 170 Å². The molecule has 3 atom stereocenters. The molecule has 8 rings (SSSR count). The van der Waals surface area contributed by atoms with Gasteiger partial charge < -0.3 is 10.2 Å². The Kier molecular flexibility index (Phi) is 10.3. The summed E-state index contributed by atoms with van der Waals surface area (Å²) in [5.41, 5.74) is 13.4. The SMILES string of the molecule is C=C/C(=C\C)c1nc(-c2ccccc2)cc(N2CC(C3CCC=C/C3=C/C)C3=C2CC(C2=C/C=C(\c4ccccc4)Cc4ccccc4N\C=C\2)C=C3)n1. The number of para-hydroxylation sites is 1. The number of benzene rings is 3. The van der Waals surface area contributed by atoms with Crippen molar-refractivity contribution in [2.45, 2.75) is 39.5 Å². The van der Waals surface area contributed by atoms with Crippen LogP contribution in [0.3, 0.4) is 0 Å². The first-order valence-corrected chi connectivity index (χ1v) is 19.4. The highest BCUT2D eigenvalue weighted by atomic mass is 15.2. The molecule has 1 N–H and O–H groups in total. The van der Waals surface area contributed by atoms with E-state index in [1.807, 2.05) is 19.1 Å². The fourth-order valence-corrected chi connectivity index (χ4v) is 8.51. The molecule has 0 spiro atoms. The minimum atomic E-state index is 0.188. The van der Waals surface area contributed by atoms with Gasteiger partial charge in [-0.2, -0.15) is 0 Å². The Morgan fingerprint density at radius 1 is 0.852 bits per heavy atom. The van der Waals surface area contributed by atoms with Crippen molar-refractivity contribution in [1.29, 1.82) is 0 Å². The lowest BCUT2D eigenvalue weighted by molar-refractivity contribution is 0.431. The number of fused-ring (bicyclic) bond motifs is 1. The second-order valence-corrected chi connectivity index (χ2v) is 14.4. The number of hydrogen-bond donors (Lipinski definition) is 1. The number of allylic oxidation sites excluding steroid dienone is 15.